The summed E-state index contributed by atoms with van der Waals surface area (Å²) in [6.07, 6.45) is 1.77. The third-order valence-corrected chi connectivity index (χ3v) is 5.62. The standard InChI is InChI=1S/C14H24BrN3O2S/c1-11-13(15)8-12(10-16)9-14(11)21(19,20)17-6-4-5-7-18(2)3/h8-9,17H,4-7,10,16H2,1-3H3. The summed E-state index contributed by atoms with van der Waals surface area (Å²) in [5.41, 5.74) is 7.10. The number of hydrogen-bond acceptors (Lipinski definition) is 4. The lowest BCUT2D eigenvalue weighted by molar-refractivity contribution is 0.394. The Labute approximate surface area is 136 Å². The van der Waals surface area contributed by atoms with Crippen molar-refractivity contribution in [2.75, 3.05) is 27.2 Å². The van der Waals surface area contributed by atoms with E-state index in [4.69, 9.17) is 5.73 Å². The van der Waals surface area contributed by atoms with Crippen molar-refractivity contribution in [2.24, 2.45) is 5.73 Å². The van der Waals surface area contributed by atoms with Gasteiger partial charge in [0.1, 0.15) is 0 Å². The first kappa shape index (κ1) is 18.6. The van der Waals surface area contributed by atoms with Crippen molar-refractivity contribution in [1.82, 2.24) is 9.62 Å². The molecule has 120 valence electrons. The minimum Gasteiger partial charge on any atom is -0.326 e. The van der Waals surface area contributed by atoms with Crippen LogP contribution in [0.4, 0.5) is 0 Å². The monoisotopic (exact) mass is 377 g/mol. The summed E-state index contributed by atoms with van der Waals surface area (Å²) in [6.45, 7) is 3.49. The molecular formula is C14H24BrN3O2S. The molecule has 0 aliphatic carbocycles. The first-order valence-electron chi connectivity index (χ1n) is 6.91. The van der Waals surface area contributed by atoms with E-state index in [1.165, 1.54) is 0 Å². The molecule has 0 saturated heterocycles. The zero-order valence-corrected chi connectivity index (χ0v) is 15.2. The van der Waals surface area contributed by atoms with E-state index >= 15 is 0 Å². The van der Waals surface area contributed by atoms with Crippen molar-refractivity contribution in [3.63, 3.8) is 0 Å². The van der Waals surface area contributed by atoms with Crippen LogP contribution >= 0.6 is 15.9 Å². The zero-order valence-electron chi connectivity index (χ0n) is 12.8. The number of hydrogen-bond donors (Lipinski definition) is 2. The van der Waals surface area contributed by atoms with E-state index in [-0.39, 0.29) is 0 Å². The number of nitrogens with zero attached hydrogens (tertiary/aromatic N) is 1. The topological polar surface area (TPSA) is 75.4 Å². The number of halogens is 1. The van der Waals surface area contributed by atoms with Crippen LogP contribution in [-0.4, -0.2) is 40.5 Å². The molecule has 0 atom stereocenters. The van der Waals surface area contributed by atoms with Gasteiger partial charge in [0, 0.05) is 17.6 Å². The highest BCUT2D eigenvalue weighted by Crippen LogP contribution is 2.25. The Balaban J connectivity index is 2.76. The van der Waals surface area contributed by atoms with Crippen LogP contribution in [0.15, 0.2) is 21.5 Å². The van der Waals surface area contributed by atoms with Gasteiger partial charge in [0.25, 0.3) is 0 Å². The van der Waals surface area contributed by atoms with E-state index < -0.39 is 10.0 Å². The van der Waals surface area contributed by atoms with Crippen LogP contribution in [-0.2, 0) is 16.6 Å². The van der Waals surface area contributed by atoms with Gasteiger partial charge in [0.15, 0.2) is 0 Å². The minimum atomic E-state index is -3.50. The lowest BCUT2D eigenvalue weighted by Gasteiger charge is -2.13. The van der Waals surface area contributed by atoms with Crippen LogP contribution in [0.1, 0.15) is 24.0 Å². The van der Waals surface area contributed by atoms with Crippen LogP contribution in [0.2, 0.25) is 0 Å². The molecule has 3 N–H and O–H groups in total. The highest BCUT2D eigenvalue weighted by molar-refractivity contribution is 9.10. The molecule has 0 aliphatic heterocycles. The first-order valence-corrected chi connectivity index (χ1v) is 9.19. The molecule has 0 aliphatic rings. The van der Waals surface area contributed by atoms with E-state index in [9.17, 15) is 8.42 Å². The van der Waals surface area contributed by atoms with Gasteiger partial charge in [-0.1, -0.05) is 15.9 Å². The smallest absolute Gasteiger partial charge is 0.240 e. The fourth-order valence-corrected chi connectivity index (χ4v) is 3.97. The van der Waals surface area contributed by atoms with Crippen molar-refractivity contribution >= 4 is 26.0 Å². The van der Waals surface area contributed by atoms with Crippen LogP contribution in [0, 0.1) is 6.92 Å². The van der Waals surface area contributed by atoms with Gasteiger partial charge in [0.2, 0.25) is 10.0 Å². The second kappa shape index (κ2) is 8.24. The second-order valence-electron chi connectivity index (χ2n) is 5.31. The van der Waals surface area contributed by atoms with Crippen molar-refractivity contribution in [3.8, 4) is 0 Å². The fraction of sp³-hybridized carbons (Fsp3) is 0.571. The summed E-state index contributed by atoms with van der Waals surface area (Å²) >= 11 is 3.39. The molecule has 0 heterocycles. The molecule has 0 bridgehead atoms. The summed E-state index contributed by atoms with van der Waals surface area (Å²) < 4.78 is 28.2. The molecule has 1 aromatic rings. The van der Waals surface area contributed by atoms with Crippen LogP contribution in [0.5, 0.6) is 0 Å². The van der Waals surface area contributed by atoms with Gasteiger partial charge in [-0.15, -0.1) is 0 Å². The molecule has 5 nitrogen and oxygen atoms in total. The predicted octanol–water partition coefficient (Wildman–Crippen LogP) is 1.84. The molecule has 0 amide bonds. The molecule has 0 fully saturated rings. The predicted molar refractivity (Wildman–Crippen MR) is 89.7 cm³/mol. The first-order chi connectivity index (χ1) is 9.77. The number of nitrogens with one attached hydrogen (secondary N) is 1. The fourth-order valence-electron chi connectivity index (χ4n) is 1.94. The molecule has 0 spiro atoms. The lowest BCUT2D eigenvalue weighted by atomic mass is 10.1. The zero-order chi connectivity index (χ0) is 16.0. The largest absolute Gasteiger partial charge is 0.326 e. The van der Waals surface area contributed by atoms with Crippen LogP contribution in [0.3, 0.4) is 0 Å². The summed E-state index contributed by atoms with van der Waals surface area (Å²) in [7, 11) is 0.511. The molecule has 1 aromatic carbocycles. The Morgan fingerprint density at radius 2 is 1.95 bits per heavy atom. The van der Waals surface area contributed by atoms with Gasteiger partial charge in [-0.05, 0) is 63.7 Å². The lowest BCUT2D eigenvalue weighted by Crippen LogP contribution is -2.26. The summed E-state index contributed by atoms with van der Waals surface area (Å²) in [5, 5.41) is 0. The Hall–Kier alpha value is -0.470. The number of unbranched alkanes of at least 4 members (excludes halogenated alkanes) is 1. The SMILES string of the molecule is Cc1c(Br)cc(CN)cc1S(=O)(=O)NCCCCN(C)C. The second-order valence-corrected chi connectivity index (χ2v) is 7.90. The summed E-state index contributed by atoms with van der Waals surface area (Å²) in [4.78, 5) is 2.38. The quantitative estimate of drug-likeness (QED) is 0.677. The third kappa shape index (κ3) is 5.67. The molecule has 21 heavy (non-hydrogen) atoms. The van der Waals surface area contributed by atoms with Crippen LogP contribution in [0.25, 0.3) is 0 Å². The van der Waals surface area contributed by atoms with Crippen LogP contribution < -0.4 is 10.5 Å². The van der Waals surface area contributed by atoms with Crippen molar-refractivity contribution in [2.45, 2.75) is 31.2 Å². The number of nitrogens with two attached hydrogens (primary N) is 1. The van der Waals surface area contributed by atoms with Gasteiger partial charge in [-0.2, -0.15) is 0 Å². The molecule has 0 aromatic heterocycles. The Morgan fingerprint density at radius 1 is 1.29 bits per heavy atom. The molecule has 0 radical (unpaired) electrons. The van der Waals surface area contributed by atoms with E-state index in [1.54, 1.807) is 13.0 Å². The number of sulfonamides is 1. The van der Waals surface area contributed by atoms with Gasteiger partial charge in [0.05, 0.1) is 4.90 Å². The normalized spacial score (nSPS) is 12.1. The van der Waals surface area contributed by atoms with E-state index in [2.05, 4.69) is 25.6 Å². The minimum absolute atomic E-state index is 0.296. The maximum absolute atomic E-state index is 12.4. The maximum Gasteiger partial charge on any atom is 0.240 e. The van der Waals surface area contributed by atoms with E-state index in [0.717, 1.165) is 29.4 Å². The molecule has 0 saturated carbocycles. The van der Waals surface area contributed by atoms with Crippen molar-refractivity contribution in [3.05, 3.63) is 27.7 Å². The average Bonchev–Trinajstić information content (AvgIpc) is 2.40. The van der Waals surface area contributed by atoms with Gasteiger partial charge >= 0.3 is 0 Å². The van der Waals surface area contributed by atoms with E-state index in [1.807, 2.05) is 20.2 Å². The maximum atomic E-state index is 12.4. The van der Waals surface area contributed by atoms with E-state index in [0.29, 0.717) is 23.5 Å². The highest BCUT2D eigenvalue weighted by Gasteiger charge is 2.18. The Kier molecular flexibility index (Phi) is 7.29. The molecule has 1 rings (SSSR count). The van der Waals surface area contributed by atoms with Gasteiger partial charge in [-0.25, -0.2) is 13.1 Å². The summed E-state index contributed by atoms with van der Waals surface area (Å²) in [5.74, 6) is 0. The van der Waals surface area contributed by atoms with Gasteiger partial charge < -0.3 is 10.6 Å². The summed E-state index contributed by atoms with van der Waals surface area (Å²) in [6, 6.07) is 3.49. The average molecular weight is 378 g/mol. The Morgan fingerprint density at radius 3 is 2.52 bits per heavy atom. The number of benzene rings is 1. The molecular weight excluding hydrogens is 354 g/mol. The van der Waals surface area contributed by atoms with Crippen molar-refractivity contribution in [1.29, 1.82) is 0 Å². The molecule has 7 heteroatoms. The van der Waals surface area contributed by atoms with Crippen molar-refractivity contribution < 1.29 is 8.42 Å². The molecule has 0 unspecified atom stereocenters. The highest BCUT2D eigenvalue weighted by atomic mass is 79.9. The number of rotatable bonds is 8. The Bertz CT molecular complexity index is 574. The third-order valence-electron chi connectivity index (χ3n) is 3.21. The van der Waals surface area contributed by atoms with Gasteiger partial charge in [-0.3, -0.25) is 0 Å².